The standard InChI is InChI=1S/C49H55N7O11S.C11H15N3/c1-5-66-48(61)43-44(59)42(68-47(43)53-36-9-7-6-8-10-36)28-33-11-16-40(58)41(27-33)67-26-25-65-24-23-64-22-21-63-20-19-52-46(60)35-29-38(54(2)32-57)31-39(30-35)56(4)49(62)55(3)37-14-12-34(13-15-37)45-50-17-18-51-45;1-14(2)10-5-3-9(4-6-10)11-12-7-8-13-11/h6-16,27-32,58-59H,5,17-26H2,1-4H3,(H,50,51)(H,52,60);3-6H,7-8H2,1-2H3,(H,12,13)/b42-28-,53-47?;. The number of aromatic hydroxyl groups is 1. The number of aliphatic hydroxyl groups is 1. The highest BCUT2D eigenvalue weighted by Crippen LogP contribution is 2.41. The normalized spacial score (nSPS) is 14.5. The topological polar surface area (TPSA) is 241 Å². The molecule has 8 rings (SSSR count). The van der Waals surface area contributed by atoms with Crippen LogP contribution in [0.2, 0.25) is 0 Å². The van der Waals surface area contributed by atoms with Crippen molar-refractivity contribution in [1.29, 1.82) is 0 Å². The molecule has 5 aromatic carbocycles. The van der Waals surface area contributed by atoms with E-state index < -0.39 is 11.9 Å². The van der Waals surface area contributed by atoms with Crippen molar-refractivity contribution < 1.29 is 53.1 Å². The predicted octanol–water partition coefficient (Wildman–Crippen LogP) is 7.18. The number of thioether (sulfide) groups is 1. The summed E-state index contributed by atoms with van der Waals surface area (Å²) < 4.78 is 27.8. The summed E-state index contributed by atoms with van der Waals surface area (Å²) in [7, 11) is 8.91. The van der Waals surface area contributed by atoms with Crippen LogP contribution in [0.3, 0.4) is 0 Å². The lowest BCUT2D eigenvalue weighted by Crippen LogP contribution is -2.39. The number of phenols is 1. The molecule has 3 heterocycles. The van der Waals surface area contributed by atoms with Gasteiger partial charge in [-0.25, -0.2) is 14.6 Å². The van der Waals surface area contributed by atoms with Crippen LogP contribution >= 0.6 is 11.8 Å². The molecule has 82 heavy (non-hydrogen) atoms. The number of aliphatic hydroxyl groups excluding tert-OH is 1. The van der Waals surface area contributed by atoms with Gasteiger partial charge in [0.1, 0.15) is 34.7 Å². The molecule has 5 aromatic rings. The number of urea groups is 1. The largest absolute Gasteiger partial charge is 0.506 e. The number of nitrogens with one attached hydrogen (secondary N) is 3. The Hall–Kier alpha value is -8.70. The van der Waals surface area contributed by atoms with Crippen LogP contribution in [0.25, 0.3) is 6.08 Å². The van der Waals surface area contributed by atoms with Gasteiger partial charge in [-0.2, -0.15) is 0 Å². The summed E-state index contributed by atoms with van der Waals surface area (Å²) in [4.78, 5) is 71.3. The summed E-state index contributed by atoms with van der Waals surface area (Å²) >= 11 is 1.13. The molecule has 0 radical (unpaired) electrons. The van der Waals surface area contributed by atoms with Crippen molar-refractivity contribution in [2.75, 3.05) is 140 Å². The lowest BCUT2D eigenvalue weighted by Gasteiger charge is -2.26. The van der Waals surface area contributed by atoms with E-state index >= 15 is 0 Å². The molecule has 0 bridgehead atoms. The highest BCUT2D eigenvalue weighted by Gasteiger charge is 2.33. The number of phenolic OH excluding ortho intramolecular Hbond substituents is 1. The maximum absolute atomic E-state index is 13.6. The Kier molecular flexibility index (Phi) is 22.9. The van der Waals surface area contributed by atoms with Gasteiger partial charge in [-0.1, -0.05) is 36.0 Å². The van der Waals surface area contributed by atoms with Crippen LogP contribution in [0, 0.1) is 0 Å². The number of ether oxygens (including phenoxy) is 5. The van der Waals surface area contributed by atoms with Crippen molar-refractivity contribution in [2.24, 2.45) is 15.0 Å². The van der Waals surface area contributed by atoms with Crippen molar-refractivity contribution in [2.45, 2.75) is 6.92 Å². The molecule has 0 spiro atoms. The van der Waals surface area contributed by atoms with Gasteiger partial charge in [0.25, 0.3) is 5.91 Å². The lowest BCUT2D eigenvalue weighted by atomic mass is 10.1. The van der Waals surface area contributed by atoms with E-state index in [1.165, 1.54) is 32.0 Å². The zero-order valence-electron chi connectivity index (χ0n) is 46.9. The molecular formula is C60H70N10O11S. The number of benzene rings is 5. The summed E-state index contributed by atoms with van der Waals surface area (Å²) in [6.45, 7) is 7.13. The molecule has 3 aliphatic heterocycles. The Balaban J connectivity index is 0.000000598. The van der Waals surface area contributed by atoms with Crippen LogP contribution < -0.4 is 40.3 Å². The maximum Gasteiger partial charge on any atom is 0.344 e. The Bertz CT molecular complexity index is 3150. The fourth-order valence-electron chi connectivity index (χ4n) is 8.16. The van der Waals surface area contributed by atoms with E-state index in [1.807, 2.05) is 56.6 Å². The maximum atomic E-state index is 13.6. The third-order valence-electron chi connectivity index (χ3n) is 12.6. The van der Waals surface area contributed by atoms with E-state index in [9.17, 15) is 29.4 Å². The molecule has 0 saturated heterocycles. The molecule has 4 amide bonds. The van der Waals surface area contributed by atoms with Crippen molar-refractivity contribution >= 4 is 87.3 Å². The van der Waals surface area contributed by atoms with Crippen molar-refractivity contribution in [1.82, 2.24) is 16.0 Å². The Labute approximate surface area is 482 Å². The van der Waals surface area contributed by atoms with Gasteiger partial charge >= 0.3 is 12.0 Å². The van der Waals surface area contributed by atoms with Gasteiger partial charge in [0.15, 0.2) is 11.5 Å². The number of anilines is 4. The second-order valence-electron chi connectivity index (χ2n) is 18.6. The van der Waals surface area contributed by atoms with Crippen LogP contribution in [0.15, 0.2) is 146 Å². The molecule has 5 N–H and O–H groups in total. The molecule has 0 unspecified atom stereocenters. The molecule has 22 heteroatoms. The van der Waals surface area contributed by atoms with Crippen molar-refractivity contribution in [3.8, 4) is 11.5 Å². The Morgan fingerprint density at radius 3 is 1.87 bits per heavy atom. The molecule has 0 fully saturated rings. The first-order chi connectivity index (χ1) is 39.7. The van der Waals surface area contributed by atoms with Gasteiger partial charge in [0.05, 0.1) is 69.9 Å². The summed E-state index contributed by atoms with van der Waals surface area (Å²) in [5, 5.41) is 31.1. The minimum absolute atomic E-state index is 0.0198. The van der Waals surface area contributed by atoms with Gasteiger partial charge in [-0.3, -0.25) is 29.4 Å². The number of carbonyl (C=O) groups excluding carboxylic acids is 4. The average Bonchev–Trinajstić information content (AvgIpc) is 4.48. The second-order valence-corrected chi connectivity index (χ2v) is 19.7. The van der Waals surface area contributed by atoms with Crippen molar-refractivity contribution in [3.05, 3.63) is 154 Å². The zero-order valence-corrected chi connectivity index (χ0v) is 47.7. The van der Waals surface area contributed by atoms with E-state index in [-0.39, 0.29) is 80.6 Å². The number of nitrogens with zero attached hydrogens (tertiary/aromatic N) is 7. The van der Waals surface area contributed by atoms with Gasteiger partial charge in [-0.05, 0) is 110 Å². The SMILES string of the molecule is CCOC(=O)C1=C(O)/C(=C/c2ccc(O)c(OCCOCCOCCOCCNC(=O)c3cc(N(C)C=O)cc(N(C)C(=O)N(C)c4ccc(C5=NCCN5)cc4)c3)c2)SC1=Nc1ccccc1.CN(C)c1ccc(C2=NCCN2)cc1. The van der Waals surface area contributed by atoms with Crippen LogP contribution in [0.1, 0.15) is 34.0 Å². The zero-order chi connectivity index (χ0) is 58.4. The van der Waals surface area contributed by atoms with Gasteiger partial charge in [-0.15, -0.1) is 0 Å². The molecule has 0 saturated carbocycles. The smallest absolute Gasteiger partial charge is 0.344 e. The number of para-hydroxylation sites is 1. The number of rotatable bonds is 25. The van der Waals surface area contributed by atoms with Gasteiger partial charge in [0.2, 0.25) is 6.41 Å². The number of amides is 4. The monoisotopic (exact) mass is 1140 g/mol. The van der Waals surface area contributed by atoms with E-state index in [1.54, 1.807) is 76.6 Å². The van der Waals surface area contributed by atoms with Crippen LogP contribution in [-0.2, 0) is 28.5 Å². The van der Waals surface area contributed by atoms with Crippen molar-refractivity contribution in [3.63, 3.8) is 0 Å². The molecule has 0 atom stereocenters. The first-order valence-electron chi connectivity index (χ1n) is 26.7. The van der Waals surface area contributed by atoms with E-state index in [2.05, 4.69) is 60.1 Å². The second kappa shape index (κ2) is 30.8. The number of hydrogen-bond acceptors (Lipinski definition) is 18. The van der Waals surface area contributed by atoms with Gasteiger partial charge in [0, 0.05) is 94.3 Å². The highest BCUT2D eigenvalue weighted by atomic mass is 32.2. The molecule has 432 valence electrons. The summed E-state index contributed by atoms with van der Waals surface area (Å²) in [6.07, 6.45) is 2.29. The number of carbonyl (C=O) groups is 4. The summed E-state index contributed by atoms with van der Waals surface area (Å²) in [6, 6.07) is 34.2. The van der Waals surface area contributed by atoms with E-state index in [0.717, 1.165) is 55.2 Å². The fourth-order valence-corrected chi connectivity index (χ4v) is 9.20. The van der Waals surface area contributed by atoms with E-state index in [0.29, 0.717) is 57.9 Å². The van der Waals surface area contributed by atoms with Crippen LogP contribution in [-0.4, -0.2) is 172 Å². The number of amidine groups is 2. The first-order valence-corrected chi connectivity index (χ1v) is 27.5. The quantitative estimate of drug-likeness (QED) is 0.0221. The average molecular weight is 1140 g/mol. The first kappa shape index (κ1) is 60.9. The number of esters is 1. The van der Waals surface area contributed by atoms with E-state index in [4.69, 9.17) is 23.7 Å². The minimum atomic E-state index is -0.680. The Morgan fingerprint density at radius 1 is 0.695 bits per heavy atom. The molecule has 0 aromatic heterocycles. The molecule has 3 aliphatic rings. The predicted molar refractivity (Wildman–Crippen MR) is 323 cm³/mol. The molecule has 0 aliphatic carbocycles. The third kappa shape index (κ3) is 17.2. The highest BCUT2D eigenvalue weighted by molar-refractivity contribution is 8.18. The minimum Gasteiger partial charge on any atom is -0.506 e. The Morgan fingerprint density at radius 2 is 1.28 bits per heavy atom. The lowest BCUT2D eigenvalue weighted by molar-refractivity contribution is -0.138. The molecular weight excluding hydrogens is 1070 g/mol. The number of hydrogen-bond donors (Lipinski definition) is 5. The fraction of sp³-hybridized carbons (Fsp3) is 0.317. The molecule has 21 nitrogen and oxygen atoms in total. The summed E-state index contributed by atoms with van der Waals surface area (Å²) in [5.41, 5.74) is 6.29. The van der Waals surface area contributed by atoms with Gasteiger partial charge < -0.3 is 59.6 Å². The summed E-state index contributed by atoms with van der Waals surface area (Å²) in [5.74, 6) is 0.642. The third-order valence-corrected chi connectivity index (χ3v) is 13.6. The van der Waals surface area contributed by atoms with Crippen LogP contribution in [0.4, 0.5) is 33.2 Å². The number of aliphatic imine (C=N–C) groups is 3. The van der Waals surface area contributed by atoms with Crippen LogP contribution in [0.5, 0.6) is 11.5 Å².